The highest BCUT2D eigenvalue weighted by molar-refractivity contribution is 6.09. The van der Waals surface area contributed by atoms with E-state index in [1.807, 2.05) is 49.5 Å². The predicted molar refractivity (Wildman–Crippen MR) is 176 cm³/mol. The fourth-order valence-corrected chi connectivity index (χ4v) is 5.43. The summed E-state index contributed by atoms with van der Waals surface area (Å²) in [6.45, 7) is 11.5. The Morgan fingerprint density at radius 1 is 0.932 bits per heavy atom. The molecule has 0 aromatic heterocycles. The number of anilines is 2. The number of carbonyl (C=O) groups is 1. The molecule has 1 fully saturated rings. The highest BCUT2D eigenvalue weighted by Crippen LogP contribution is 2.37. The summed E-state index contributed by atoms with van der Waals surface area (Å²) in [6.07, 6.45) is 4.31. The maximum Gasteiger partial charge on any atom is 0.264 e. The second-order valence-electron chi connectivity index (χ2n) is 11.0. The average Bonchev–Trinajstić information content (AvgIpc) is 3.58. The molecule has 1 amide bonds. The van der Waals surface area contributed by atoms with E-state index >= 15 is 0 Å². The molecule has 1 saturated heterocycles. The monoisotopic (exact) mass is 600 g/mol. The van der Waals surface area contributed by atoms with Crippen LogP contribution in [0.25, 0.3) is 11.1 Å². The van der Waals surface area contributed by atoms with Crippen molar-refractivity contribution >= 4 is 17.3 Å². The lowest BCUT2D eigenvalue weighted by molar-refractivity contribution is 0.0937. The first-order chi connectivity index (χ1) is 21.6. The second-order valence-corrected chi connectivity index (χ2v) is 11.0. The maximum absolute atomic E-state index is 13.3. The van der Waals surface area contributed by atoms with Crippen molar-refractivity contribution in [3.8, 4) is 28.4 Å². The zero-order valence-electron chi connectivity index (χ0n) is 25.9. The van der Waals surface area contributed by atoms with E-state index in [0.29, 0.717) is 31.1 Å². The molecule has 3 aromatic carbocycles. The quantitative estimate of drug-likeness (QED) is 0.242. The van der Waals surface area contributed by atoms with Crippen LogP contribution in [0.15, 0.2) is 73.3 Å². The molecule has 234 valence electrons. The van der Waals surface area contributed by atoms with E-state index in [-0.39, 0.29) is 12.6 Å². The highest BCUT2D eigenvalue weighted by Gasteiger charge is 2.27. The molecule has 0 unspecified atom stereocenters. The number of hydrogen-bond acceptors (Lipinski definition) is 8. The van der Waals surface area contributed by atoms with E-state index in [1.54, 1.807) is 11.0 Å². The number of nitrogens with zero attached hydrogens (tertiary/aromatic N) is 3. The van der Waals surface area contributed by atoms with Crippen LogP contribution in [0.5, 0.6) is 17.2 Å². The van der Waals surface area contributed by atoms with Crippen molar-refractivity contribution in [1.82, 2.24) is 10.2 Å². The fourth-order valence-electron chi connectivity index (χ4n) is 5.43. The first-order valence-corrected chi connectivity index (χ1v) is 15.4. The zero-order chi connectivity index (χ0) is 30.7. The van der Waals surface area contributed by atoms with Gasteiger partial charge in [-0.25, -0.2) is 0 Å². The number of rotatable bonds is 11. The summed E-state index contributed by atoms with van der Waals surface area (Å²) in [5.74, 6) is 2.23. The summed E-state index contributed by atoms with van der Waals surface area (Å²) in [6, 6.07) is 19.6. The SMILES string of the molecule is C=CCOCCNC.CN1CCOc2cc(-c3ccc4c(c3)OCN(c3ccc(OCCN5CCCC5)cc3)C4=O)ccc21. The smallest absolute Gasteiger partial charge is 0.264 e. The van der Waals surface area contributed by atoms with Crippen molar-refractivity contribution in [2.75, 3.05) is 89.8 Å². The lowest BCUT2D eigenvalue weighted by Crippen LogP contribution is -2.38. The van der Waals surface area contributed by atoms with Crippen LogP contribution in [0, 0.1) is 0 Å². The molecule has 6 rings (SSSR count). The first-order valence-electron chi connectivity index (χ1n) is 15.4. The molecule has 9 heteroatoms. The van der Waals surface area contributed by atoms with Crippen LogP contribution < -0.4 is 29.3 Å². The average molecular weight is 601 g/mol. The van der Waals surface area contributed by atoms with Gasteiger partial charge in [0.2, 0.25) is 0 Å². The minimum Gasteiger partial charge on any atom is -0.492 e. The largest absolute Gasteiger partial charge is 0.492 e. The number of nitrogens with one attached hydrogen (secondary N) is 1. The van der Waals surface area contributed by atoms with E-state index in [2.05, 4.69) is 46.9 Å². The predicted octanol–water partition coefficient (Wildman–Crippen LogP) is 5.06. The minimum atomic E-state index is -0.0686. The second kappa shape index (κ2) is 15.6. The van der Waals surface area contributed by atoms with Crippen LogP contribution in [0.3, 0.4) is 0 Å². The van der Waals surface area contributed by atoms with Gasteiger partial charge in [-0.05, 0) is 92.6 Å². The van der Waals surface area contributed by atoms with Gasteiger partial charge in [0.15, 0.2) is 6.73 Å². The Bertz CT molecular complexity index is 1390. The molecule has 1 N–H and O–H groups in total. The van der Waals surface area contributed by atoms with Gasteiger partial charge in [-0.15, -0.1) is 6.58 Å². The third-order valence-corrected chi connectivity index (χ3v) is 7.95. The molecule has 0 saturated carbocycles. The van der Waals surface area contributed by atoms with Crippen molar-refractivity contribution in [2.45, 2.75) is 12.8 Å². The molecule has 3 heterocycles. The normalized spacial score (nSPS) is 15.8. The molecule has 0 spiro atoms. The van der Waals surface area contributed by atoms with E-state index in [0.717, 1.165) is 60.2 Å². The molecular formula is C35H44N4O5. The summed E-state index contributed by atoms with van der Waals surface area (Å²) in [7, 11) is 3.97. The number of hydrogen-bond donors (Lipinski definition) is 1. The van der Waals surface area contributed by atoms with Crippen LogP contribution in [0.2, 0.25) is 0 Å². The molecule has 0 aliphatic carbocycles. The number of ether oxygens (including phenoxy) is 4. The van der Waals surface area contributed by atoms with Gasteiger partial charge in [0.1, 0.15) is 30.5 Å². The summed E-state index contributed by atoms with van der Waals surface area (Å²) in [4.78, 5) is 19.6. The number of fused-ring (bicyclic) bond motifs is 2. The minimum absolute atomic E-state index is 0.0686. The van der Waals surface area contributed by atoms with Gasteiger partial charge >= 0.3 is 0 Å². The van der Waals surface area contributed by atoms with Gasteiger partial charge in [0.25, 0.3) is 5.91 Å². The fraction of sp³-hybridized carbons (Fsp3) is 0.400. The van der Waals surface area contributed by atoms with Gasteiger partial charge in [0, 0.05) is 25.8 Å². The number of likely N-dealkylation sites (tertiary alicyclic amines) is 1. The van der Waals surface area contributed by atoms with E-state index in [1.165, 1.54) is 25.9 Å². The van der Waals surface area contributed by atoms with Crippen LogP contribution >= 0.6 is 0 Å². The third-order valence-electron chi connectivity index (χ3n) is 7.95. The lowest BCUT2D eigenvalue weighted by Gasteiger charge is -2.29. The Morgan fingerprint density at radius 2 is 1.68 bits per heavy atom. The van der Waals surface area contributed by atoms with E-state index in [4.69, 9.17) is 18.9 Å². The van der Waals surface area contributed by atoms with Crippen molar-refractivity contribution in [1.29, 1.82) is 0 Å². The Hall–Kier alpha value is -4.05. The Labute approximate surface area is 260 Å². The van der Waals surface area contributed by atoms with Crippen LogP contribution in [0.4, 0.5) is 11.4 Å². The number of benzene rings is 3. The molecule has 0 atom stereocenters. The molecule has 0 bridgehead atoms. The van der Waals surface area contributed by atoms with Crippen molar-refractivity contribution in [3.05, 3.63) is 78.9 Å². The summed E-state index contributed by atoms with van der Waals surface area (Å²) in [5, 5.41) is 2.97. The summed E-state index contributed by atoms with van der Waals surface area (Å²) in [5.41, 5.74) is 4.46. The lowest BCUT2D eigenvalue weighted by atomic mass is 10.0. The maximum atomic E-state index is 13.3. The van der Waals surface area contributed by atoms with Crippen molar-refractivity contribution in [2.24, 2.45) is 0 Å². The molecule has 3 aromatic rings. The van der Waals surface area contributed by atoms with Gasteiger partial charge in [0.05, 0.1) is 31.0 Å². The topological polar surface area (TPSA) is 75.7 Å². The van der Waals surface area contributed by atoms with Crippen molar-refractivity contribution in [3.63, 3.8) is 0 Å². The molecular weight excluding hydrogens is 556 g/mol. The van der Waals surface area contributed by atoms with Crippen LogP contribution in [0.1, 0.15) is 23.2 Å². The van der Waals surface area contributed by atoms with Crippen molar-refractivity contribution < 1.29 is 23.7 Å². The van der Waals surface area contributed by atoms with Gasteiger partial charge in [-0.3, -0.25) is 14.6 Å². The third kappa shape index (κ3) is 7.91. The standard InChI is InChI=1S/C29H31N3O4.C6H13NO/c1-30-14-16-35-28-19-22(5-11-26(28)30)21-4-10-25-27(18-21)36-20-32(29(25)33)23-6-8-24(9-7-23)34-17-15-31-12-2-3-13-31;1-3-5-8-6-4-7-2/h4-11,18-19H,2-3,12-17,20H2,1H3;3,7H,1,4-6H2,2H3. The van der Waals surface area contributed by atoms with Crippen LogP contribution in [-0.4, -0.2) is 90.8 Å². The van der Waals surface area contributed by atoms with E-state index in [9.17, 15) is 4.79 Å². The molecule has 3 aliphatic rings. The molecule has 44 heavy (non-hydrogen) atoms. The van der Waals surface area contributed by atoms with Crippen LogP contribution in [-0.2, 0) is 4.74 Å². The Kier molecular flexibility index (Phi) is 11.1. The molecule has 3 aliphatic heterocycles. The van der Waals surface area contributed by atoms with E-state index < -0.39 is 0 Å². The summed E-state index contributed by atoms with van der Waals surface area (Å²) < 4.78 is 22.8. The summed E-state index contributed by atoms with van der Waals surface area (Å²) >= 11 is 0. The highest BCUT2D eigenvalue weighted by atomic mass is 16.5. The van der Waals surface area contributed by atoms with Gasteiger partial charge < -0.3 is 29.2 Å². The number of likely N-dealkylation sites (N-methyl/N-ethyl adjacent to an activating group) is 2. The number of carbonyl (C=O) groups excluding carboxylic acids is 1. The van der Waals surface area contributed by atoms with Gasteiger partial charge in [-0.1, -0.05) is 18.2 Å². The molecule has 0 radical (unpaired) electrons. The molecule has 9 nitrogen and oxygen atoms in total. The number of amides is 1. The van der Waals surface area contributed by atoms with Gasteiger partial charge in [-0.2, -0.15) is 0 Å². The Morgan fingerprint density at radius 3 is 2.43 bits per heavy atom. The zero-order valence-corrected chi connectivity index (χ0v) is 25.9. The first kappa shape index (κ1) is 31.4. The Balaban J connectivity index is 0.000000426.